The lowest BCUT2D eigenvalue weighted by molar-refractivity contribution is 0.304. The zero-order valence-electron chi connectivity index (χ0n) is 11.7. The van der Waals surface area contributed by atoms with Crippen molar-refractivity contribution in [2.24, 2.45) is 0 Å². The van der Waals surface area contributed by atoms with Crippen LogP contribution in [-0.2, 0) is 6.61 Å². The number of pyridine rings is 1. The van der Waals surface area contributed by atoms with Crippen LogP contribution in [0.3, 0.4) is 0 Å². The van der Waals surface area contributed by atoms with Crippen LogP contribution in [-0.4, -0.2) is 16.7 Å². The predicted molar refractivity (Wildman–Crippen MR) is 78.4 cm³/mol. The Balaban J connectivity index is 2.09. The lowest BCUT2D eigenvalue weighted by atomic mass is 10.1. The smallest absolute Gasteiger partial charge is 0.139 e. The van der Waals surface area contributed by atoms with Gasteiger partial charge in [-0.15, -0.1) is 0 Å². The van der Waals surface area contributed by atoms with Crippen molar-refractivity contribution >= 4 is 0 Å². The SMILES string of the molecule is Cc1ccc(C)c(COc2cncc(C#CCO)c2)c1. The Hall–Kier alpha value is -2.31. The van der Waals surface area contributed by atoms with Crippen molar-refractivity contribution in [1.82, 2.24) is 4.98 Å². The van der Waals surface area contributed by atoms with Gasteiger partial charge in [0.15, 0.2) is 0 Å². The third-order valence-corrected chi connectivity index (χ3v) is 2.92. The fourth-order valence-corrected chi connectivity index (χ4v) is 1.82. The van der Waals surface area contributed by atoms with Crippen molar-refractivity contribution in [2.45, 2.75) is 20.5 Å². The molecule has 3 heteroatoms. The number of aromatic nitrogens is 1. The van der Waals surface area contributed by atoms with Gasteiger partial charge in [0, 0.05) is 11.8 Å². The first-order valence-electron chi connectivity index (χ1n) is 6.43. The quantitative estimate of drug-likeness (QED) is 0.869. The largest absolute Gasteiger partial charge is 0.487 e. The normalized spacial score (nSPS) is 9.75. The van der Waals surface area contributed by atoms with Crippen LogP contribution in [0.25, 0.3) is 0 Å². The second kappa shape index (κ2) is 6.74. The van der Waals surface area contributed by atoms with Crippen LogP contribution in [0.15, 0.2) is 36.7 Å². The highest BCUT2D eigenvalue weighted by Crippen LogP contribution is 2.16. The number of aliphatic hydroxyl groups excluding tert-OH is 1. The van der Waals surface area contributed by atoms with Crippen molar-refractivity contribution in [2.75, 3.05) is 6.61 Å². The molecule has 0 unspecified atom stereocenters. The molecule has 0 fully saturated rings. The molecular weight excluding hydrogens is 250 g/mol. The maximum atomic E-state index is 8.68. The lowest BCUT2D eigenvalue weighted by Gasteiger charge is -2.09. The molecule has 20 heavy (non-hydrogen) atoms. The minimum Gasteiger partial charge on any atom is -0.487 e. The van der Waals surface area contributed by atoms with Crippen LogP contribution in [0.2, 0.25) is 0 Å². The van der Waals surface area contributed by atoms with Gasteiger partial charge in [-0.3, -0.25) is 4.98 Å². The Bertz CT molecular complexity index is 654. The third kappa shape index (κ3) is 3.84. The van der Waals surface area contributed by atoms with Crippen LogP contribution >= 0.6 is 0 Å². The van der Waals surface area contributed by atoms with Crippen molar-refractivity contribution < 1.29 is 9.84 Å². The second-order valence-corrected chi connectivity index (χ2v) is 4.59. The minimum absolute atomic E-state index is 0.159. The van der Waals surface area contributed by atoms with Gasteiger partial charge >= 0.3 is 0 Å². The number of aryl methyl sites for hydroxylation is 2. The molecule has 2 aromatic rings. The van der Waals surface area contributed by atoms with Gasteiger partial charge in [-0.2, -0.15) is 0 Å². The fraction of sp³-hybridized carbons (Fsp3) is 0.235. The molecule has 0 saturated carbocycles. The molecule has 0 aliphatic rings. The average molecular weight is 267 g/mol. The molecule has 0 radical (unpaired) electrons. The van der Waals surface area contributed by atoms with E-state index in [1.807, 2.05) is 6.07 Å². The van der Waals surface area contributed by atoms with Crippen molar-refractivity contribution in [3.05, 3.63) is 58.9 Å². The van der Waals surface area contributed by atoms with Gasteiger partial charge in [0.2, 0.25) is 0 Å². The van der Waals surface area contributed by atoms with E-state index in [4.69, 9.17) is 9.84 Å². The summed E-state index contributed by atoms with van der Waals surface area (Å²) >= 11 is 0. The van der Waals surface area contributed by atoms with Crippen molar-refractivity contribution in [3.8, 4) is 17.6 Å². The molecule has 3 nitrogen and oxygen atoms in total. The molecule has 102 valence electrons. The van der Waals surface area contributed by atoms with E-state index >= 15 is 0 Å². The number of benzene rings is 1. The van der Waals surface area contributed by atoms with Gasteiger partial charge in [0.05, 0.1) is 6.20 Å². The Morgan fingerprint density at radius 3 is 2.85 bits per heavy atom. The van der Waals surface area contributed by atoms with E-state index in [0.717, 1.165) is 11.1 Å². The first kappa shape index (κ1) is 14.1. The third-order valence-electron chi connectivity index (χ3n) is 2.92. The summed E-state index contributed by atoms with van der Waals surface area (Å²) in [7, 11) is 0. The number of ether oxygens (including phenoxy) is 1. The summed E-state index contributed by atoms with van der Waals surface area (Å²) in [6.45, 7) is 4.48. The van der Waals surface area contributed by atoms with Gasteiger partial charge in [-0.05, 0) is 31.0 Å². The number of aliphatic hydroxyl groups is 1. The molecule has 0 saturated heterocycles. The van der Waals surface area contributed by atoms with Crippen LogP contribution in [0.4, 0.5) is 0 Å². The highest BCUT2D eigenvalue weighted by molar-refractivity contribution is 5.37. The number of hydrogen-bond acceptors (Lipinski definition) is 3. The summed E-state index contributed by atoms with van der Waals surface area (Å²) in [4.78, 5) is 4.08. The van der Waals surface area contributed by atoms with Crippen molar-refractivity contribution in [1.29, 1.82) is 0 Å². The first-order chi connectivity index (χ1) is 9.69. The Kier molecular flexibility index (Phi) is 4.75. The van der Waals surface area contributed by atoms with Crippen LogP contribution in [0, 0.1) is 25.7 Å². The summed E-state index contributed by atoms with van der Waals surface area (Å²) in [6.07, 6.45) is 3.31. The molecule has 1 aromatic carbocycles. The number of nitrogens with zero attached hydrogens (tertiary/aromatic N) is 1. The van der Waals surface area contributed by atoms with E-state index in [1.54, 1.807) is 12.4 Å². The van der Waals surface area contributed by atoms with E-state index in [-0.39, 0.29) is 6.61 Å². The lowest BCUT2D eigenvalue weighted by Crippen LogP contribution is -1.99. The molecule has 0 bridgehead atoms. The molecule has 1 heterocycles. The van der Waals surface area contributed by atoms with Gasteiger partial charge in [-0.25, -0.2) is 0 Å². The van der Waals surface area contributed by atoms with E-state index in [2.05, 4.69) is 48.9 Å². The minimum atomic E-state index is -0.159. The average Bonchev–Trinajstić information content (AvgIpc) is 2.46. The number of hydrogen-bond donors (Lipinski definition) is 1. The summed E-state index contributed by atoms with van der Waals surface area (Å²) in [5, 5.41) is 8.68. The van der Waals surface area contributed by atoms with Crippen LogP contribution in [0.5, 0.6) is 5.75 Å². The van der Waals surface area contributed by atoms with E-state index in [0.29, 0.717) is 12.4 Å². The summed E-state index contributed by atoms with van der Waals surface area (Å²) in [6, 6.07) is 8.12. The highest BCUT2D eigenvalue weighted by Gasteiger charge is 2.01. The second-order valence-electron chi connectivity index (χ2n) is 4.59. The Labute approximate surface area is 119 Å². The summed E-state index contributed by atoms with van der Waals surface area (Å²) in [5.74, 6) is 6.08. The Morgan fingerprint density at radius 1 is 1.20 bits per heavy atom. The molecule has 0 amide bonds. The van der Waals surface area contributed by atoms with E-state index < -0.39 is 0 Å². The highest BCUT2D eigenvalue weighted by atomic mass is 16.5. The van der Waals surface area contributed by atoms with Gasteiger partial charge in [0.25, 0.3) is 0 Å². The molecule has 0 aliphatic heterocycles. The molecule has 0 aliphatic carbocycles. The van der Waals surface area contributed by atoms with Crippen LogP contribution in [0.1, 0.15) is 22.3 Å². The maximum absolute atomic E-state index is 8.68. The van der Waals surface area contributed by atoms with Gasteiger partial charge in [-0.1, -0.05) is 35.6 Å². The monoisotopic (exact) mass is 267 g/mol. The standard InChI is InChI=1S/C17H17NO2/c1-13-5-6-14(2)16(8-13)12-20-17-9-15(4-3-7-19)10-18-11-17/h5-6,8-11,19H,7,12H2,1-2H3. The fourth-order valence-electron chi connectivity index (χ4n) is 1.82. The molecule has 1 N–H and O–H groups in total. The summed E-state index contributed by atoms with van der Waals surface area (Å²) in [5.41, 5.74) is 4.32. The van der Waals surface area contributed by atoms with Crippen LogP contribution < -0.4 is 4.74 Å². The Morgan fingerprint density at radius 2 is 2.05 bits per heavy atom. The zero-order valence-corrected chi connectivity index (χ0v) is 11.7. The van der Waals surface area contributed by atoms with E-state index in [9.17, 15) is 0 Å². The molecular formula is C17H17NO2. The molecule has 0 spiro atoms. The molecule has 2 rings (SSSR count). The topological polar surface area (TPSA) is 42.4 Å². The number of rotatable bonds is 3. The van der Waals surface area contributed by atoms with Crippen molar-refractivity contribution in [3.63, 3.8) is 0 Å². The summed E-state index contributed by atoms with van der Waals surface area (Å²) < 4.78 is 5.76. The molecule has 1 aromatic heterocycles. The molecule has 0 atom stereocenters. The zero-order chi connectivity index (χ0) is 14.4. The van der Waals surface area contributed by atoms with Gasteiger partial charge in [0.1, 0.15) is 19.0 Å². The van der Waals surface area contributed by atoms with Gasteiger partial charge < -0.3 is 9.84 Å². The maximum Gasteiger partial charge on any atom is 0.139 e. The predicted octanol–water partition coefficient (Wildman–Crippen LogP) is 2.62. The first-order valence-corrected chi connectivity index (χ1v) is 6.43. The van der Waals surface area contributed by atoms with E-state index in [1.165, 1.54) is 11.1 Å².